The van der Waals surface area contributed by atoms with Crippen molar-refractivity contribution in [2.45, 2.75) is 120 Å². The van der Waals surface area contributed by atoms with Gasteiger partial charge < -0.3 is 14.9 Å². The second-order valence-corrected chi connectivity index (χ2v) is 13.4. The van der Waals surface area contributed by atoms with E-state index in [0.717, 1.165) is 37.2 Å². The SMILES string of the molecule is CCCCCCCCCCCCSCCCOC(SCC(CCCC)c1ccccc1)C(O)([PH+]=O)C(=O)O. The minimum Gasteiger partial charge on any atom is -0.476 e. The van der Waals surface area contributed by atoms with Crippen molar-refractivity contribution in [2.24, 2.45) is 0 Å². The van der Waals surface area contributed by atoms with E-state index in [0.29, 0.717) is 12.4 Å². The molecule has 0 spiro atoms. The number of carboxylic acids is 1. The molecule has 0 aliphatic carbocycles. The fourth-order valence-corrected chi connectivity index (χ4v) is 7.25. The highest BCUT2D eigenvalue weighted by molar-refractivity contribution is 8.00. The molecule has 0 aromatic heterocycles. The molecular formula is C30H52O5PS2+. The third-order valence-corrected chi connectivity index (χ3v) is 10.3. The van der Waals surface area contributed by atoms with Crippen LogP contribution in [0.2, 0.25) is 0 Å². The van der Waals surface area contributed by atoms with Gasteiger partial charge in [-0.05, 0) is 42.2 Å². The van der Waals surface area contributed by atoms with Gasteiger partial charge in [0.25, 0.3) is 0 Å². The highest BCUT2D eigenvalue weighted by Crippen LogP contribution is 2.37. The lowest BCUT2D eigenvalue weighted by Crippen LogP contribution is -2.44. The fourth-order valence-electron chi connectivity index (χ4n) is 4.35. The lowest BCUT2D eigenvalue weighted by Gasteiger charge is -2.25. The molecule has 1 rings (SSSR count). The van der Waals surface area contributed by atoms with Crippen LogP contribution in [-0.2, 0) is 14.1 Å². The van der Waals surface area contributed by atoms with E-state index in [1.165, 1.54) is 81.5 Å². The van der Waals surface area contributed by atoms with E-state index in [4.69, 9.17) is 4.74 Å². The molecule has 1 aromatic rings. The summed E-state index contributed by atoms with van der Waals surface area (Å²) in [5, 5.41) is 17.9. The summed E-state index contributed by atoms with van der Waals surface area (Å²) in [6.07, 6.45) is 17.3. The molecule has 0 radical (unpaired) electrons. The number of aliphatic carboxylic acids is 1. The maximum absolute atomic E-state index is 11.8. The van der Waals surface area contributed by atoms with Crippen molar-refractivity contribution in [3.63, 3.8) is 0 Å². The van der Waals surface area contributed by atoms with Crippen LogP contribution in [0, 0.1) is 0 Å². The van der Waals surface area contributed by atoms with E-state index >= 15 is 0 Å². The van der Waals surface area contributed by atoms with Crippen LogP contribution in [0.4, 0.5) is 0 Å². The Balaban J connectivity index is 2.38. The van der Waals surface area contributed by atoms with Crippen molar-refractivity contribution in [3.8, 4) is 0 Å². The van der Waals surface area contributed by atoms with E-state index in [-0.39, 0.29) is 5.92 Å². The normalized spacial score (nSPS) is 14.8. The number of unbranched alkanes of at least 4 members (excludes halogenated alkanes) is 10. The molecule has 8 heteroatoms. The number of ether oxygens (including phenoxy) is 1. The lowest BCUT2D eigenvalue weighted by molar-refractivity contribution is -0.155. The predicted molar refractivity (Wildman–Crippen MR) is 166 cm³/mol. The molecule has 4 unspecified atom stereocenters. The molecule has 218 valence electrons. The molecule has 5 nitrogen and oxygen atoms in total. The maximum Gasteiger partial charge on any atom is 0.392 e. The van der Waals surface area contributed by atoms with Gasteiger partial charge in [-0.1, -0.05) is 119 Å². The van der Waals surface area contributed by atoms with Crippen molar-refractivity contribution in [3.05, 3.63) is 35.9 Å². The smallest absolute Gasteiger partial charge is 0.392 e. The fraction of sp³-hybridized carbons (Fsp3) is 0.767. The molecule has 38 heavy (non-hydrogen) atoms. The number of rotatable bonds is 26. The zero-order chi connectivity index (χ0) is 27.9. The average molecular weight is 588 g/mol. The monoisotopic (exact) mass is 587 g/mol. The Bertz CT molecular complexity index is 724. The van der Waals surface area contributed by atoms with Gasteiger partial charge in [0.15, 0.2) is 5.44 Å². The van der Waals surface area contributed by atoms with Crippen molar-refractivity contribution in [2.75, 3.05) is 23.9 Å². The summed E-state index contributed by atoms with van der Waals surface area (Å²) < 4.78 is 17.7. The van der Waals surface area contributed by atoms with Gasteiger partial charge in [-0.3, -0.25) is 0 Å². The first-order chi connectivity index (χ1) is 18.5. The second-order valence-electron chi connectivity index (χ2n) is 10.1. The van der Waals surface area contributed by atoms with Gasteiger partial charge >= 0.3 is 19.8 Å². The predicted octanol–water partition coefficient (Wildman–Crippen LogP) is 8.88. The Labute approximate surface area is 241 Å². The van der Waals surface area contributed by atoms with Crippen LogP contribution in [0.3, 0.4) is 0 Å². The molecule has 4 atom stereocenters. The molecular weight excluding hydrogens is 535 g/mol. The van der Waals surface area contributed by atoms with Gasteiger partial charge in [-0.25, -0.2) is 4.79 Å². The van der Waals surface area contributed by atoms with E-state index < -0.39 is 25.2 Å². The average Bonchev–Trinajstić information content (AvgIpc) is 2.93. The largest absolute Gasteiger partial charge is 0.476 e. The minimum atomic E-state index is -2.40. The van der Waals surface area contributed by atoms with Gasteiger partial charge in [0.1, 0.15) is 0 Å². The summed E-state index contributed by atoms with van der Waals surface area (Å²) in [4.78, 5) is 11.8. The summed E-state index contributed by atoms with van der Waals surface area (Å²) in [7, 11) is -1.40. The van der Waals surface area contributed by atoms with Gasteiger partial charge in [0.05, 0.1) is 0 Å². The van der Waals surface area contributed by atoms with Crippen LogP contribution in [0.5, 0.6) is 0 Å². The van der Waals surface area contributed by atoms with Crippen molar-refractivity contribution in [1.82, 2.24) is 0 Å². The van der Waals surface area contributed by atoms with Crippen molar-refractivity contribution < 1.29 is 24.3 Å². The van der Waals surface area contributed by atoms with Crippen LogP contribution in [0.1, 0.15) is 115 Å². The van der Waals surface area contributed by atoms with Crippen LogP contribution in [0.25, 0.3) is 0 Å². The summed E-state index contributed by atoms with van der Waals surface area (Å²) in [5.41, 5.74) is 0.120. The minimum absolute atomic E-state index is 0.219. The van der Waals surface area contributed by atoms with Crippen LogP contribution >= 0.6 is 32.0 Å². The van der Waals surface area contributed by atoms with Crippen molar-refractivity contribution >= 4 is 38.0 Å². The second kappa shape index (κ2) is 23.1. The lowest BCUT2D eigenvalue weighted by atomic mass is 9.95. The van der Waals surface area contributed by atoms with E-state index in [1.807, 2.05) is 30.0 Å². The Morgan fingerprint density at radius 2 is 1.47 bits per heavy atom. The van der Waals surface area contributed by atoms with E-state index in [9.17, 15) is 19.6 Å². The quantitative estimate of drug-likeness (QED) is 0.0636. The number of thioether (sulfide) groups is 2. The highest BCUT2D eigenvalue weighted by Gasteiger charge is 2.55. The topological polar surface area (TPSA) is 83.8 Å². The third-order valence-electron chi connectivity index (χ3n) is 6.79. The Kier molecular flexibility index (Phi) is 21.6. The summed E-state index contributed by atoms with van der Waals surface area (Å²) in [5.74, 6) is 1.39. The maximum atomic E-state index is 11.8. The number of hydrogen-bond acceptors (Lipinski definition) is 6. The number of carboxylic acid groups (broad SMARTS) is 1. The van der Waals surface area contributed by atoms with Crippen LogP contribution in [0.15, 0.2) is 30.3 Å². The van der Waals surface area contributed by atoms with Gasteiger partial charge in [0, 0.05) is 12.4 Å². The van der Waals surface area contributed by atoms with E-state index in [2.05, 4.69) is 26.0 Å². The molecule has 0 saturated carbocycles. The Morgan fingerprint density at radius 1 is 0.895 bits per heavy atom. The van der Waals surface area contributed by atoms with Gasteiger partial charge in [0.2, 0.25) is 0 Å². The number of aliphatic hydroxyl groups is 1. The number of carbonyl (C=O) groups is 1. The Morgan fingerprint density at radius 3 is 2.05 bits per heavy atom. The molecule has 0 heterocycles. The first-order valence-corrected chi connectivity index (χ1v) is 17.8. The molecule has 0 saturated heterocycles. The number of hydrogen-bond donors (Lipinski definition) is 2. The zero-order valence-corrected chi connectivity index (χ0v) is 26.3. The molecule has 0 aliphatic rings. The molecule has 0 aliphatic heterocycles. The molecule has 0 fully saturated rings. The molecule has 2 N–H and O–H groups in total. The van der Waals surface area contributed by atoms with Gasteiger partial charge in [-0.2, -0.15) is 11.8 Å². The summed E-state index contributed by atoms with van der Waals surface area (Å²) in [6.45, 7) is 4.75. The first-order valence-electron chi connectivity index (χ1n) is 14.7. The first kappa shape index (κ1) is 35.4. The summed E-state index contributed by atoms with van der Waals surface area (Å²) in [6, 6.07) is 10.2. The summed E-state index contributed by atoms with van der Waals surface area (Å²) >= 11 is 3.17. The highest BCUT2D eigenvalue weighted by atomic mass is 32.2. The third kappa shape index (κ3) is 15.3. The van der Waals surface area contributed by atoms with Gasteiger partial charge in [-0.15, -0.1) is 11.8 Å². The van der Waals surface area contributed by atoms with E-state index in [1.54, 1.807) is 0 Å². The standard InChI is InChI=1S/C30H51O5PS2/c1-3-5-7-8-9-10-11-12-13-17-23-37-24-18-22-35-29(30(33,36-34)28(31)32)38-25-27(19-6-4-2)26-20-15-14-16-21-26/h14-16,20-21,27,29,33H,3-13,17-19,22-25H2,1-2H3,(H,31,32)/p+1. The Hall–Kier alpha value is -0.590. The molecule has 0 bridgehead atoms. The molecule has 1 aromatic carbocycles. The number of benzene rings is 1. The van der Waals surface area contributed by atoms with Crippen LogP contribution in [-0.4, -0.2) is 50.8 Å². The zero-order valence-electron chi connectivity index (χ0n) is 23.7. The molecule has 0 amide bonds. The van der Waals surface area contributed by atoms with Crippen LogP contribution < -0.4 is 0 Å². The van der Waals surface area contributed by atoms with Crippen molar-refractivity contribution in [1.29, 1.82) is 0 Å².